The Morgan fingerprint density at radius 3 is 2.93 bits per heavy atom. The summed E-state index contributed by atoms with van der Waals surface area (Å²) in [4.78, 5) is 14.3. The van der Waals surface area contributed by atoms with Crippen LogP contribution in [0.4, 0.5) is 0 Å². The zero-order valence-corrected chi connectivity index (χ0v) is 15.3. The highest BCUT2D eigenvalue weighted by atomic mass is 16.5. The van der Waals surface area contributed by atoms with Gasteiger partial charge in [0, 0.05) is 32.2 Å². The zero-order chi connectivity index (χ0) is 18.9. The molecule has 27 heavy (non-hydrogen) atoms. The van der Waals surface area contributed by atoms with Crippen LogP contribution >= 0.6 is 0 Å². The van der Waals surface area contributed by atoms with Gasteiger partial charge in [-0.1, -0.05) is 12.1 Å². The molecule has 2 aromatic rings. The van der Waals surface area contributed by atoms with E-state index in [0.29, 0.717) is 29.9 Å². The minimum atomic E-state index is -0.257. The van der Waals surface area contributed by atoms with Crippen molar-refractivity contribution in [1.82, 2.24) is 10.2 Å². The lowest BCUT2D eigenvalue weighted by Crippen LogP contribution is -2.35. The number of nitrogens with zero attached hydrogens (tertiary/aromatic N) is 2. The quantitative estimate of drug-likeness (QED) is 0.431. The second-order valence-corrected chi connectivity index (χ2v) is 6.45. The fourth-order valence-electron chi connectivity index (χ4n) is 2.91. The molecule has 0 aliphatic carbocycles. The first-order valence-electron chi connectivity index (χ1n) is 9.19. The average molecular weight is 371 g/mol. The summed E-state index contributed by atoms with van der Waals surface area (Å²) in [7, 11) is 0. The Morgan fingerprint density at radius 1 is 1.26 bits per heavy atom. The Labute approximate surface area is 159 Å². The van der Waals surface area contributed by atoms with Crippen molar-refractivity contribution in [3.8, 4) is 5.75 Å². The van der Waals surface area contributed by atoms with Crippen molar-refractivity contribution >= 4 is 5.91 Å². The number of benzene rings is 1. The van der Waals surface area contributed by atoms with Gasteiger partial charge in [-0.05, 0) is 30.2 Å². The van der Waals surface area contributed by atoms with Crippen LogP contribution < -0.4 is 14.8 Å². The standard InChI is InChI=1S/C20H25N3O4/c24-20(18-5-2-8-23(25)16-18)21-7-3-11-27-19-6-1-4-17(14-19)15-22-9-12-26-13-10-22/h1-2,4-6,8,14,16H,3,7,9-13,15H2,(H,21,24). The summed E-state index contributed by atoms with van der Waals surface area (Å²) in [6.45, 7) is 5.39. The van der Waals surface area contributed by atoms with Gasteiger partial charge in [-0.15, -0.1) is 0 Å². The smallest absolute Gasteiger partial charge is 0.257 e. The summed E-state index contributed by atoms with van der Waals surface area (Å²) >= 11 is 0. The fraction of sp³-hybridized carbons (Fsp3) is 0.400. The van der Waals surface area contributed by atoms with Crippen LogP contribution in [0.3, 0.4) is 0 Å². The van der Waals surface area contributed by atoms with Gasteiger partial charge in [0.15, 0.2) is 12.4 Å². The van der Waals surface area contributed by atoms with E-state index in [1.165, 1.54) is 18.0 Å². The van der Waals surface area contributed by atoms with Crippen molar-refractivity contribution < 1.29 is 19.0 Å². The molecule has 1 aromatic carbocycles. The van der Waals surface area contributed by atoms with E-state index < -0.39 is 0 Å². The summed E-state index contributed by atoms with van der Waals surface area (Å²) in [5.41, 5.74) is 1.57. The highest BCUT2D eigenvalue weighted by Gasteiger charge is 2.11. The van der Waals surface area contributed by atoms with Crippen molar-refractivity contribution in [1.29, 1.82) is 0 Å². The number of hydrogen-bond donors (Lipinski definition) is 1. The molecule has 1 N–H and O–H groups in total. The van der Waals surface area contributed by atoms with Crippen LogP contribution in [0.5, 0.6) is 5.75 Å². The van der Waals surface area contributed by atoms with E-state index in [-0.39, 0.29) is 5.91 Å². The summed E-state index contributed by atoms with van der Waals surface area (Å²) < 4.78 is 11.8. The summed E-state index contributed by atoms with van der Waals surface area (Å²) in [6, 6.07) is 11.3. The lowest BCUT2D eigenvalue weighted by Gasteiger charge is -2.26. The number of hydrogen-bond acceptors (Lipinski definition) is 5. The molecule has 7 heteroatoms. The van der Waals surface area contributed by atoms with Gasteiger partial charge in [-0.3, -0.25) is 9.69 Å². The molecule has 1 saturated heterocycles. The van der Waals surface area contributed by atoms with E-state index in [1.807, 2.05) is 12.1 Å². The van der Waals surface area contributed by atoms with Gasteiger partial charge in [-0.25, -0.2) is 0 Å². The van der Waals surface area contributed by atoms with Crippen LogP contribution in [0.1, 0.15) is 22.3 Å². The molecule has 1 aliphatic rings. The Kier molecular flexibility index (Phi) is 7.01. The number of pyridine rings is 1. The van der Waals surface area contributed by atoms with E-state index in [4.69, 9.17) is 9.47 Å². The molecule has 144 valence electrons. The second kappa shape index (κ2) is 9.89. The second-order valence-electron chi connectivity index (χ2n) is 6.45. The highest BCUT2D eigenvalue weighted by Crippen LogP contribution is 2.15. The van der Waals surface area contributed by atoms with Crippen molar-refractivity contribution in [2.75, 3.05) is 39.5 Å². The van der Waals surface area contributed by atoms with Gasteiger partial charge < -0.3 is 20.0 Å². The first kappa shape index (κ1) is 19.1. The first-order valence-corrected chi connectivity index (χ1v) is 9.19. The Morgan fingerprint density at radius 2 is 2.11 bits per heavy atom. The number of carbonyl (C=O) groups excluding carboxylic acids is 1. The van der Waals surface area contributed by atoms with Crippen LogP contribution in [0, 0.1) is 5.21 Å². The van der Waals surface area contributed by atoms with E-state index in [2.05, 4.69) is 22.3 Å². The molecule has 7 nitrogen and oxygen atoms in total. The Hall–Kier alpha value is -2.64. The predicted molar refractivity (Wildman–Crippen MR) is 100 cm³/mol. The SMILES string of the molecule is O=C(NCCCOc1cccc(CN2CCOCC2)c1)c1ccc[n+]([O-])c1. The predicted octanol–water partition coefficient (Wildman–Crippen LogP) is 1.35. The number of morpholine rings is 1. The summed E-state index contributed by atoms with van der Waals surface area (Å²) in [6.07, 6.45) is 3.28. The van der Waals surface area contributed by atoms with E-state index in [1.54, 1.807) is 12.1 Å². The third kappa shape index (κ3) is 6.23. The minimum Gasteiger partial charge on any atom is -0.619 e. The normalized spacial score (nSPS) is 14.7. The maximum atomic E-state index is 11.9. The molecule has 0 unspecified atom stereocenters. The molecule has 1 amide bonds. The summed E-state index contributed by atoms with van der Waals surface area (Å²) in [5, 5.41) is 14.0. The van der Waals surface area contributed by atoms with Gasteiger partial charge in [0.05, 0.1) is 19.8 Å². The molecule has 0 atom stereocenters. The topological polar surface area (TPSA) is 77.7 Å². The van der Waals surface area contributed by atoms with Gasteiger partial charge in [0.25, 0.3) is 5.91 Å². The zero-order valence-electron chi connectivity index (χ0n) is 15.3. The number of aromatic nitrogens is 1. The van der Waals surface area contributed by atoms with Gasteiger partial charge in [-0.2, -0.15) is 4.73 Å². The van der Waals surface area contributed by atoms with Crippen LogP contribution in [-0.2, 0) is 11.3 Å². The maximum Gasteiger partial charge on any atom is 0.257 e. The molecule has 1 aliphatic heterocycles. The Bertz CT molecular complexity index is 748. The third-order valence-corrected chi connectivity index (χ3v) is 4.32. The molecular formula is C20H25N3O4. The van der Waals surface area contributed by atoms with Crippen LogP contribution in [0.15, 0.2) is 48.8 Å². The lowest BCUT2D eigenvalue weighted by molar-refractivity contribution is -0.605. The van der Waals surface area contributed by atoms with E-state index in [9.17, 15) is 10.0 Å². The minimum absolute atomic E-state index is 0.257. The number of carbonyl (C=O) groups is 1. The van der Waals surface area contributed by atoms with Crippen LogP contribution in [0.2, 0.25) is 0 Å². The lowest BCUT2D eigenvalue weighted by atomic mass is 10.2. The molecular weight excluding hydrogens is 346 g/mol. The van der Waals surface area contributed by atoms with Gasteiger partial charge >= 0.3 is 0 Å². The highest BCUT2D eigenvalue weighted by molar-refractivity contribution is 5.93. The van der Waals surface area contributed by atoms with Crippen LogP contribution in [-0.4, -0.2) is 50.3 Å². The number of nitrogens with one attached hydrogen (secondary N) is 1. The van der Waals surface area contributed by atoms with Crippen molar-refractivity contribution in [2.45, 2.75) is 13.0 Å². The largest absolute Gasteiger partial charge is 0.619 e. The van der Waals surface area contributed by atoms with Gasteiger partial charge in [0.1, 0.15) is 11.3 Å². The number of amides is 1. The molecule has 0 spiro atoms. The number of ether oxygens (including phenoxy) is 2. The monoisotopic (exact) mass is 371 g/mol. The molecule has 2 heterocycles. The van der Waals surface area contributed by atoms with Gasteiger partial charge in [0.2, 0.25) is 0 Å². The maximum absolute atomic E-state index is 11.9. The van der Waals surface area contributed by atoms with Crippen molar-refractivity contribution in [3.05, 3.63) is 65.1 Å². The molecule has 0 radical (unpaired) electrons. The average Bonchev–Trinajstić information content (AvgIpc) is 2.69. The third-order valence-electron chi connectivity index (χ3n) is 4.32. The molecule has 3 rings (SSSR count). The molecule has 1 aromatic heterocycles. The molecule has 0 bridgehead atoms. The van der Waals surface area contributed by atoms with E-state index in [0.717, 1.165) is 38.6 Å². The van der Waals surface area contributed by atoms with E-state index >= 15 is 0 Å². The van der Waals surface area contributed by atoms with Crippen molar-refractivity contribution in [3.63, 3.8) is 0 Å². The number of rotatable bonds is 8. The fourth-order valence-corrected chi connectivity index (χ4v) is 2.91. The summed E-state index contributed by atoms with van der Waals surface area (Å²) in [5.74, 6) is 0.579. The van der Waals surface area contributed by atoms with Crippen LogP contribution in [0.25, 0.3) is 0 Å². The first-order chi connectivity index (χ1) is 13.2. The molecule has 1 fully saturated rings. The Balaban J connectivity index is 1.37. The molecule has 0 saturated carbocycles. The van der Waals surface area contributed by atoms with Crippen molar-refractivity contribution in [2.24, 2.45) is 0 Å².